The SMILES string of the molecule is Clc1cccc2c1OC1c3cccc(Cl)c3OCC21. The van der Waals surface area contributed by atoms with Crippen LogP contribution in [0, 0.1) is 0 Å². The van der Waals surface area contributed by atoms with Gasteiger partial charge in [-0.15, -0.1) is 0 Å². The average Bonchev–Trinajstić information content (AvgIpc) is 2.80. The molecule has 0 aliphatic carbocycles. The van der Waals surface area contributed by atoms with Crippen molar-refractivity contribution in [1.82, 2.24) is 0 Å². The van der Waals surface area contributed by atoms with Crippen LogP contribution in [0.2, 0.25) is 10.0 Å². The summed E-state index contributed by atoms with van der Waals surface area (Å²) in [6.07, 6.45) is -0.0580. The standard InChI is InChI=1S/C15H10Cl2O2/c16-11-5-2-4-9-13-10(7-18-14(9)11)8-3-1-6-12(17)15(8)19-13/h1-6,10,13H,7H2. The largest absolute Gasteiger partial charge is 0.491 e. The van der Waals surface area contributed by atoms with E-state index in [1.807, 2.05) is 36.4 Å². The van der Waals surface area contributed by atoms with Gasteiger partial charge in [-0.05, 0) is 12.1 Å². The van der Waals surface area contributed by atoms with E-state index in [0.717, 1.165) is 22.6 Å². The Kier molecular flexibility index (Phi) is 2.44. The molecule has 2 nitrogen and oxygen atoms in total. The lowest BCUT2D eigenvalue weighted by molar-refractivity contribution is 0.140. The monoisotopic (exact) mass is 292 g/mol. The summed E-state index contributed by atoms with van der Waals surface area (Å²) in [5, 5.41) is 1.28. The fraction of sp³-hybridized carbons (Fsp3) is 0.200. The minimum absolute atomic E-state index is 0.0580. The molecule has 19 heavy (non-hydrogen) atoms. The molecule has 0 N–H and O–H groups in total. The Balaban J connectivity index is 1.87. The Bertz CT molecular complexity index is 669. The second-order valence-electron chi connectivity index (χ2n) is 4.77. The zero-order chi connectivity index (χ0) is 13.0. The van der Waals surface area contributed by atoms with Gasteiger partial charge in [0.15, 0.2) is 0 Å². The van der Waals surface area contributed by atoms with Crippen molar-refractivity contribution in [1.29, 1.82) is 0 Å². The summed E-state index contributed by atoms with van der Waals surface area (Å²) < 4.78 is 11.9. The van der Waals surface area contributed by atoms with Gasteiger partial charge >= 0.3 is 0 Å². The van der Waals surface area contributed by atoms with Crippen LogP contribution in [0.1, 0.15) is 23.1 Å². The second-order valence-corrected chi connectivity index (χ2v) is 5.59. The molecule has 2 aromatic carbocycles. The van der Waals surface area contributed by atoms with E-state index in [0.29, 0.717) is 16.7 Å². The molecular formula is C15H10Cl2O2. The summed E-state index contributed by atoms with van der Waals surface area (Å²) >= 11 is 12.4. The third-order valence-electron chi connectivity index (χ3n) is 3.72. The Hall–Kier alpha value is -1.38. The minimum Gasteiger partial charge on any atom is -0.491 e. The van der Waals surface area contributed by atoms with Gasteiger partial charge in [0.25, 0.3) is 0 Å². The van der Waals surface area contributed by atoms with E-state index >= 15 is 0 Å². The molecule has 96 valence electrons. The third-order valence-corrected chi connectivity index (χ3v) is 4.31. The van der Waals surface area contributed by atoms with Gasteiger partial charge in [0, 0.05) is 11.1 Å². The van der Waals surface area contributed by atoms with Gasteiger partial charge in [0.05, 0.1) is 22.6 Å². The molecule has 0 spiro atoms. The molecular weight excluding hydrogens is 283 g/mol. The van der Waals surface area contributed by atoms with Crippen molar-refractivity contribution in [3.63, 3.8) is 0 Å². The van der Waals surface area contributed by atoms with E-state index in [9.17, 15) is 0 Å². The van der Waals surface area contributed by atoms with Crippen LogP contribution in [0.4, 0.5) is 0 Å². The van der Waals surface area contributed by atoms with Crippen molar-refractivity contribution in [2.24, 2.45) is 0 Å². The molecule has 4 heteroatoms. The minimum atomic E-state index is -0.0580. The Labute approximate surface area is 120 Å². The molecule has 2 aromatic rings. The van der Waals surface area contributed by atoms with Gasteiger partial charge in [0.2, 0.25) is 0 Å². The van der Waals surface area contributed by atoms with Crippen molar-refractivity contribution in [2.75, 3.05) is 6.61 Å². The average molecular weight is 293 g/mol. The molecule has 2 atom stereocenters. The van der Waals surface area contributed by atoms with Crippen molar-refractivity contribution in [3.05, 3.63) is 57.6 Å². The van der Waals surface area contributed by atoms with Gasteiger partial charge in [-0.3, -0.25) is 0 Å². The number of halogens is 2. The molecule has 2 aliphatic heterocycles. The van der Waals surface area contributed by atoms with Crippen LogP contribution < -0.4 is 9.47 Å². The summed E-state index contributed by atoms with van der Waals surface area (Å²) in [7, 11) is 0. The van der Waals surface area contributed by atoms with Crippen molar-refractivity contribution < 1.29 is 9.47 Å². The van der Waals surface area contributed by atoms with Gasteiger partial charge in [-0.25, -0.2) is 0 Å². The predicted octanol–water partition coefficient (Wildman–Crippen LogP) is 4.60. The molecule has 0 saturated carbocycles. The van der Waals surface area contributed by atoms with Crippen LogP contribution in [-0.2, 0) is 0 Å². The molecule has 0 radical (unpaired) electrons. The van der Waals surface area contributed by atoms with Crippen LogP contribution in [0.25, 0.3) is 0 Å². The quantitative estimate of drug-likeness (QED) is 0.706. The highest BCUT2D eigenvalue weighted by Crippen LogP contribution is 2.53. The first-order chi connectivity index (χ1) is 9.25. The second kappa shape index (κ2) is 4.06. The van der Waals surface area contributed by atoms with Crippen LogP contribution in [0.3, 0.4) is 0 Å². The van der Waals surface area contributed by atoms with Gasteiger partial charge < -0.3 is 9.47 Å². The van der Waals surface area contributed by atoms with E-state index in [1.165, 1.54) is 0 Å². The highest BCUT2D eigenvalue weighted by Gasteiger charge is 2.41. The highest BCUT2D eigenvalue weighted by atomic mass is 35.5. The number of hydrogen-bond donors (Lipinski definition) is 0. The molecule has 0 saturated heterocycles. The first-order valence-electron chi connectivity index (χ1n) is 6.12. The number of fused-ring (bicyclic) bond motifs is 5. The maximum absolute atomic E-state index is 6.20. The zero-order valence-electron chi connectivity index (χ0n) is 9.90. The van der Waals surface area contributed by atoms with Crippen molar-refractivity contribution in [3.8, 4) is 11.5 Å². The lowest BCUT2D eigenvalue weighted by atomic mass is 9.89. The number of ether oxygens (including phenoxy) is 2. The van der Waals surface area contributed by atoms with Crippen molar-refractivity contribution >= 4 is 23.2 Å². The molecule has 2 unspecified atom stereocenters. The Morgan fingerprint density at radius 1 is 0.895 bits per heavy atom. The first-order valence-corrected chi connectivity index (χ1v) is 6.87. The number of para-hydroxylation sites is 2. The topological polar surface area (TPSA) is 18.5 Å². The normalized spacial score (nSPS) is 22.8. The highest BCUT2D eigenvalue weighted by molar-refractivity contribution is 6.32. The molecule has 0 bridgehead atoms. The Morgan fingerprint density at radius 3 is 2.37 bits per heavy atom. The first kappa shape index (κ1) is 11.4. The number of benzene rings is 2. The predicted molar refractivity (Wildman–Crippen MR) is 74.5 cm³/mol. The molecule has 2 aliphatic rings. The van der Waals surface area contributed by atoms with E-state index in [1.54, 1.807) is 0 Å². The smallest absolute Gasteiger partial charge is 0.144 e. The van der Waals surface area contributed by atoms with E-state index in [-0.39, 0.29) is 12.0 Å². The van der Waals surface area contributed by atoms with Crippen LogP contribution in [0.5, 0.6) is 11.5 Å². The molecule has 0 aromatic heterocycles. The number of hydrogen-bond acceptors (Lipinski definition) is 2. The van der Waals surface area contributed by atoms with Crippen molar-refractivity contribution in [2.45, 2.75) is 12.0 Å². The van der Waals surface area contributed by atoms with Crippen LogP contribution >= 0.6 is 23.2 Å². The van der Waals surface area contributed by atoms with Gasteiger partial charge in [0.1, 0.15) is 17.6 Å². The number of rotatable bonds is 0. The summed E-state index contributed by atoms with van der Waals surface area (Å²) in [6.45, 7) is 0.564. The third kappa shape index (κ3) is 1.57. The summed E-state index contributed by atoms with van der Waals surface area (Å²) in [4.78, 5) is 0. The lowest BCUT2D eigenvalue weighted by Crippen LogP contribution is -2.23. The zero-order valence-corrected chi connectivity index (χ0v) is 11.4. The summed E-state index contributed by atoms with van der Waals surface area (Å²) in [6, 6.07) is 11.6. The summed E-state index contributed by atoms with van der Waals surface area (Å²) in [5.74, 6) is 1.68. The maximum atomic E-state index is 6.20. The summed E-state index contributed by atoms with van der Waals surface area (Å²) in [5.41, 5.74) is 2.11. The van der Waals surface area contributed by atoms with Gasteiger partial charge in [-0.1, -0.05) is 47.5 Å². The van der Waals surface area contributed by atoms with Crippen LogP contribution in [0.15, 0.2) is 36.4 Å². The fourth-order valence-corrected chi connectivity index (χ4v) is 3.31. The fourth-order valence-electron chi connectivity index (χ4n) is 2.85. The molecule has 2 heterocycles. The molecule has 0 fully saturated rings. The van der Waals surface area contributed by atoms with E-state index in [4.69, 9.17) is 32.7 Å². The van der Waals surface area contributed by atoms with E-state index in [2.05, 4.69) is 0 Å². The van der Waals surface area contributed by atoms with Gasteiger partial charge in [-0.2, -0.15) is 0 Å². The molecule has 4 rings (SSSR count). The van der Waals surface area contributed by atoms with Crippen LogP contribution in [-0.4, -0.2) is 6.61 Å². The van der Waals surface area contributed by atoms with E-state index < -0.39 is 0 Å². The Morgan fingerprint density at radius 2 is 1.58 bits per heavy atom. The maximum Gasteiger partial charge on any atom is 0.144 e. The lowest BCUT2D eigenvalue weighted by Gasteiger charge is -2.28. The molecule has 0 amide bonds.